The molecule has 0 aromatic carbocycles. The maximum atomic E-state index is 5.42. The molecule has 0 spiro atoms. The standard InChI is InChI=1S/C12H14O2/c1-9(2)8-13-6-5-10-7-11-3-4-12(10)14-11/h3-4,7H,1,5-6,8H2,2H3. The van der Waals surface area contributed by atoms with Crippen molar-refractivity contribution < 1.29 is 9.15 Å². The maximum absolute atomic E-state index is 5.42. The predicted molar refractivity (Wildman–Crippen MR) is 56.7 cm³/mol. The van der Waals surface area contributed by atoms with Crippen LogP contribution in [0.15, 0.2) is 34.8 Å². The third-order valence-electron chi connectivity index (χ3n) is 2.12. The van der Waals surface area contributed by atoms with Gasteiger partial charge in [-0.15, -0.1) is 0 Å². The van der Waals surface area contributed by atoms with Gasteiger partial charge in [0, 0.05) is 5.56 Å². The highest BCUT2D eigenvalue weighted by Gasteiger charge is 2.05. The second-order valence-electron chi connectivity index (χ2n) is 3.63. The summed E-state index contributed by atoms with van der Waals surface area (Å²) in [5.41, 5.74) is 4.24. The van der Waals surface area contributed by atoms with Crippen LogP contribution in [0.2, 0.25) is 0 Å². The number of hydrogen-bond donors (Lipinski definition) is 0. The van der Waals surface area contributed by atoms with Crippen molar-refractivity contribution in [3.05, 3.63) is 35.9 Å². The van der Waals surface area contributed by atoms with E-state index in [9.17, 15) is 0 Å². The Labute approximate surface area is 83.5 Å². The normalized spacial score (nSPS) is 11.2. The molecule has 0 atom stereocenters. The summed E-state index contributed by atoms with van der Waals surface area (Å²) in [4.78, 5) is 0. The number of fused-ring (bicyclic) bond motifs is 2. The average molecular weight is 190 g/mol. The SMILES string of the molecule is C=C(C)COCCc1cc2ccc1o2. The van der Waals surface area contributed by atoms with Gasteiger partial charge in [0.1, 0.15) is 11.2 Å². The highest BCUT2D eigenvalue weighted by atomic mass is 16.5. The van der Waals surface area contributed by atoms with Gasteiger partial charge >= 0.3 is 0 Å². The minimum atomic E-state index is 0.649. The summed E-state index contributed by atoms with van der Waals surface area (Å²) in [7, 11) is 0. The Morgan fingerprint density at radius 2 is 2.36 bits per heavy atom. The summed E-state index contributed by atoms with van der Waals surface area (Å²) < 4.78 is 10.8. The number of hydrogen-bond acceptors (Lipinski definition) is 2. The molecule has 0 unspecified atom stereocenters. The van der Waals surface area contributed by atoms with Crippen molar-refractivity contribution in [1.29, 1.82) is 0 Å². The Hall–Kier alpha value is -1.28. The molecule has 0 saturated carbocycles. The largest absolute Gasteiger partial charge is 0.457 e. The fourth-order valence-corrected chi connectivity index (χ4v) is 1.47. The molecular weight excluding hydrogens is 176 g/mol. The summed E-state index contributed by atoms with van der Waals surface area (Å²) >= 11 is 0. The zero-order valence-corrected chi connectivity index (χ0v) is 8.38. The van der Waals surface area contributed by atoms with Gasteiger partial charge < -0.3 is 9.15 Å². The first-order valence-electron chi connectivity index (χ1n) is 4.78. The lowest BCUT2D eigenvalue weighted by molar-refractivity contribution is 0.160. The van der Waals surface area contributed by atoms with Crippen LogP contribution in [0.25, 0.3) is 11.2 Å². The third kappa shape index (κ3) is 1.96. The van der Waals surface area contributed by atoms with Crippen LogP contribution in [0.1, 0.15) is 12.5 Å². The first kappa shape index (κ1) is 9.28. The Kier molecular flexibility index (Phi) is 2.55. The maximum Gasteiger partial charge on any atom is 0.130 e. The highest BCUT2D eigenvalue weighted by molar-refractivity contribution is 5.65. The number of furan rings is 2. The molecule has 0 saturated heterocycles. The smallest absolute Gasteiger partial charge is 0.130 e. The first-order valence-corrected chi connectivity index (χ1v) is 4.78. The van der Waals surface area contributed by atoms with Crippen molar-refractivity contribution in [2.75, 3.05) is 13.2 Å². The van der Waals surface area contributed by atoms with Gasteiger partial charge in [-0.1, -0.05) is 12.2 Å². The van der Waals surface area contributed by atoms with E-state index in [2.05, 4.69) is 12.6 Å². The lowest BCUT2D eigenvalue weighted by Crippen LogP contribution is -2.00. The molecule has 0 N–H and O–H groups in total. The van der Waals surface area contributed by atoms with Crippen LogP contribution in [-0.4, -0.2) is 13.2 Å². The monoisotopic (exact) mass is 190 g/mol. The second-order valence-corrected chi connectivity index (χ2v) is 3.63. The van der Waals surface area contributed by atoms with E-state index in [1.807, 2.05) is 19.1 Å². The summed E-state index contributed by atoms with van der Waals surface area (Å²) in [5, 5.41) is 0. The molecule has 2 aromatic rings. The predicted octanol–water partition coefficient (Wildman–Crippen LogP) is 3.01. The summed E-state index contributed by atoms with van der Waals surface area (Å²) in [6.07, 6.45) is 0.913. The van der Waals surface area contributed by atoms with E-state index >= 15 is 0 Å². The van der Waals surface area contributed by atoms with Gasteiger partial charge in [-0.2, -0.15) is 0 Å². The van der Waals surface area contributed by atoms with Crippen molar-refractivity contribution in [3.8, 4) is 0 Å². The third-order valence-corrected chi connectivity index (χ3v) is 2.12. The van der Waals surface area contributed by atoms with Crippen LogP contribution in [0.5, 0.6) is 0 Å². The molecule has 0 radical (unpaired) electrons. The molecule has 0 amide bonds. The molecule has 2 heteroatoms. The van der Waals surface area contributed by atoms with E-state index in [-0.39, 0.29) is 0 Å². The molecule has 74 valence electrons. The van der Waals surface area contributed by atoms with Gasteiger partial charge in [0.05, 0.1) is 13.2 Å². The second kappa shape index (κ2) is 3.84. The molecule has 0 aliphatic carbocycles. The number of benzene rings is 1. The van der Waals surface area contributed by atoms with E-state index in [4.69, 9.17) is 9.15 Å². The molecule has 2 bridgehead atoms. The molecule has 0 aliphatic heterocycles. The highest BCUT2D eigenvalue weighted by Crippen LogP contribution is 2.22. The minimum absolute atomic E-state index is 0.649. The van der Waals surface area contributed by atoms with E-state index in [1.54, 1.807) is 0 Å². The van der Waals surface area contributed by atoms with E-state index in [0.717, 1.165) is 29.8 Å². The molecule has 2 heterocycles. The molecule has 2 aromatic heterocycles. The molecule has 2 rings (SSSR count). The van der Waals surface area contributed by atoms with E-state index in [1.165, 1.54) is 5.56 Å². The van der Waals surface area contributed by atoms with E-state index in [0.29, 0.717) is 6.61 Å². The Balaban J connectivity index is 1.81. The van der Waals surface area contributed by atoms with E-state index < -0.39 is 0 Å². The Morgan fingerprint density at radius 3 is 2.93 bits per heavy atom. The van der Waals surface area contributed by atoms with Crippen LogP contribution < -0.4 is 0 Å². The Morgan fingerprint density at radius 1 is 1.50 bits per heavy atom. The van der Waals surface area contributed by atoms with Crippen molar-refractivity contribution >= 4 is 11.2 Å². The van der Waals surface area contributed by atoms with Crippen LogP contribution >= 0.6 is 0 Å². The summed E-state index contributed by atoms with van der Waals surface area (Å²) in [6.45, 7) is 7.12. The van der Waals surface area contributed by atoms with Gasteiger partial charge in [-0.05, 0) is 31.5 Å². The molecule has 0 aliphatic rings. The average Bonchev–Trinajstić information content (AvgIpc) is 2.73. The zero-order chi connectivity index (χ0) is 9.97. The van der Waals surface area contributed by atoms with Crippen molar-refractivity contribution in [2.45, 2.75) is 13.3 Å². The minimum Gasteiger partial charge on any atom is -0.457 e. The molecular formula is C12H14O2. The van der Waals surface area contributed by atoms with Crippen molar-refractivity contribution in [3.63, 3.8) is 0 Å². The van der Waals surface area contributed by atoms with Gasteiger partial charge in [0.25, 0.3) is 0 Å². The number of rotatable bonds is 5. The van der Waals surface area contributed by atoms with Crippen LogP contribution in [0.4, 0.5) is 0 Å². The molecule has 0 fully saturated rings. The van der Waals surface area contributed by atoms with Gasteiger partial charge in [0.15, 0.2) is 0 Å². The fourth-order valence-electron chi connectivity index (χ4n) is 1.47. The summed E-state index contributed by atoms with van der Waals surface area (Å²) in [5.74, 6) is 0. The topological polar surface area (TPSA) is 22.4 Å². The van der Waals surface area contributed by atoms with Gasteiger partial charge in [0.2, 0.25) is 0 Å². The fraction of sp³-hybridized carbons (Fsp3) is 0.333. The van der Waals surface area contributed by atoms with Crippen molar-refractivity contribution in [1.82, 2.24) is 0 Å². The number of ether oxygens (including phenoxy) is 1. The van der Waals surface area contributed by atoms with Crippen LogP contribution in [0, 0.1) is 0 Å². The van der Waals surface area contributed by atoms with Gasteiger partial charge in [-0.3, -0.25) is 0 Å². The molecule has 14 heavy (non-hydrogen) atoms. The quantitative estimate of drug-likeness (QED) is 0.534. The van der Waals surface area contributed by atoms with Crippen molar-refractivity contribution in [2.24, 2.45) is 0 Å². The molecule has 2 nitrogen and oxygen atoms in total. The Bertz CT molecular complexity index is 414. The lowest BCUT2D eigenvalue weighted by atomic mass is 10.2. The summed E-state index contributed by atoms with van der Waals surface area (Å²) in [6, 6.07) is 6.05. The lowest BCUT2D eigenvalue weighted by Gasteiger charge is -2.02. The van der Waals surface area contributed by atoms with Crippen LogP contribution in [-0.2, 0) is 11.2 Å². The zero-order valence-electron chi connectivity index (χ0n) is 8.38. The van der Waals surface area contributed by atoms with Gasteiger partial charge in [-0.25, -0.2) is 0 Å². The first-order chi connectivity index (χ1) is 6.75. The van der Waals surface area contributed by atoms with Crippen LogP contribution in [0.3, 0.4) is 0 Å².